The molecule has 0 atom stereocenters. The van der Waals surface area contributed by atoms with Crippen molar-refractivity contribution in [1.82, 2.24) is 4.98 Å². The highest BCUT2D eigenvalue weighted by atomic mass is 16.5. The molecule has 4 heteroatoms. The van der Waals surface area contributed by atoms with E-state index in [9.17, 15) is 4.79 Å². The summed E-state index contributed by atoms with van der Waals surface area (Å²) in [6, 6.07) is 27.0. The number of hydrogen-bond donors (Lipinski definition) is 1. The molecule has 0 spiro atoms. The third-order valence-corrected chi connectivity index (χ3v) is 4.60. The SMILES string of the molecule is CC(C)(C)Oc1ccc(-c2ccccc2C(=O)Nc2ccc3ccccc3n2)cc1. The number of hydrogen-bond acceptors (Lipinski definition) is 3. The minimum Gasteiger partial charge on any atom is -0.488 e. The number of fused-ring (bicyclic) bond motifs is 1. The third kappa shape index (κ3) is 4.49. The van der Waals surface area contributed by atoms with Gasteiger partial charge in [-0.15, -0.1) is 0 Å². The number of amides is 1. The fourth-order valence-electron chi connectivity index (χ4n) is 3.31. The maximum Gasteiger partial charge on any atom is 0.257 e. The summed E-state index contributed by atoms with van der Waals surface area (Å²) < 4.78 is 5.90. The van der Waals surface area contributed by atoms with Gasteiger partial charge in [0.05, 0.1) is 5.52 Å². The van der Waals surface area contributed by atoms with Crippen molar-refractivity contribution in [2.75, 3.05) is 5.32 Å². The Kier molecular flexibility index (Phi) is 5.23. The van der Waals surface area contributed by atoms with E-state index in [1.165, 1.54) is 0 Å². The molecule has 0 aliphatic rings. The number of nitrogens with one attached hydrogen (secondary N) is 1. The van der Waals surface area contributed by atoms with E-state index in [4.69, 9.17) is 4.74 Å². The van der Waals surface area contributed by atoms with Gasteiger partial charge in [0, 0.05) is 10.9 Å². The average molecular weight is 396 g/mol. The van der Waals surface area contributed by atoms with E-state index in [-0.39, 0.29) is 11.5 Å². The van der Waals surface area contributed by atoms with Gasteiger partial charge in [-0.1, -0.05) is 48.5 Å². The Balaban J connectivity index is 1.60. The summed E-state index contributed by atoms with van der Waals surface area (Å²) in [4.78, 5) is 17.6. The monoisotopic (exact) mass is 396 g/mol. The molecular weight excluding hydrogens is 372 g/mol. The van der Waals surface area contributed by atoms with Crippen molar-refractivity contribution in [3.63, 3.8) is 0 Å². The number of nitrogens with zero attached hydrogens (tertiary/aromatic N) is 1. The molecule has 3 aromatic carbocycles. The van der Waals surface area contributed by atoms with Crippen LogP contribution in [0.25, 0.3) is 22.0 Å². The molecule has 4 rings (SSSR count). The van der Waals surface area contributed by atoms with Crippen molar-refractivity contribution < 1.29 is 9.53 Å². The molecule has 1 N–H and O–H groups in total. The highest BCUT2D eigenvalue weighted by molar-refractivity contribution is 6.08. The Labute approximate surface area is 176 Å². The lowest BCUT2D eigenvalue weighted by molar-refractivity contribution is 0.102. The van der Waals surface area contributed by atoms with E-state index >= 15 is 0 Å². The standard InChI is InChI=1S/C26H24N2O2/c1-26(2,3)30-20-15-12-18(13-16-20)21-9-5-6-10-22(21)25(29)28-24-17-14-19-8-4-7-11-23(19)27-24/h4-17H,1-3H3,(H,27,28,29). The average Bonchev–Trinajstić information content (AvgIpc) is 2.73. The Morgan fingerprint density at radius 1 is 0.833 bits per heavy atom. The first-order valence-corrected chi connectivity index (χ1v) is 9.95. The van der Waals surface area contributed by atoms with E-state index in [1.54, 1.807) is 0 Å². The number of rotatable bonds is 4. The van der Waals surface area contributed by atoms with Crippen molar-refractivity contribution >= 4 is 22.6 Å². The Morgan fingerprint density at radius 3 is 2.30 bits per heavy atom. The van der Waals surface area contributed by atoms with Crippen molar-refractivity contribution in [2.24, 2.45) is 0 Å². The minimum absolute atomic E-state index is 0.191. The molecule has 0 bridgehead atoms. The van der Waals surface area contributed by atoms with Crippen LogP contribution in [0.5, 0.6) is 5.75 Å². The molecule has 0 fully saturated rings. The Hall–Kier alpha value is -3.66. The molecule has 0 saturated carbocycles. The molecule has 0 aliphatic carbocycles. The molecule has 30 heavy (non-hydrogen) atoms. The van der Waals surface area contributed by atoms with E-state index < -0.39 is 0 Å². The summed E-state index contributed by atoms with van der Waals surface area (Å²) in [7, 11) is 0. The van der Waals surface area contributed by atoms with Crippen LogP contribution in [-0.4, -0.2) is 16.5 Å². The second kappa shape index (κ2) is 7.99. The molecule has 4 nitrogen and oxygen atoms in total. The second-order valence-corrected chi connectivity index (χ2v) is 8.13. The summed E-state index contributed by atoms with van der Waals surface area (Å²) in [5.41, 5.74) is 2.99. The smallest absolute Gasteiger partial charge is 0.257 e. The molecule has 0 saturated heterocycles. The number of carbonyl (C=O) groups excluding carboxylic acids is 1. The Morgan fingerprint density at radius 2 is 1.53 bits per heavy atom. The van der Waals surface area contributed by atoms with Crippen molar-refractivity contribution in [3.8, 4) is 16.9 Å². The number of carbonyl (C=O) groups is 1. The number of para-hydroxylation sites is 1. The second-order valence-electron chi connectivity index (χ2n) is 8.13. The number of anilines is 1. The molecule has 0 radical (unpaired) electrons. The maximum atomic E-state index is 13.0. The zero-order valence-corrected chi connectivity index (χ0v) is 17.3. The first-order chi connectivity index (χ1) is 14.4. The summed E-state index contributed by atoms with van der Waals surface area (Å²) in [6.45, 7) is 6.05. The van der Waals surface area contributed by atoms with Gasteiger partial charge in [0.1, 0.15) is 17.2 Å². The number of aromatic nitrogens is 1. The predicted octanol–water partition coefficient (Wildman–Crippen LogP) is 6.33. The molecule has 150 valence electrons. The molecule has 0 unspecified atom stereocenters. The van der Waals surface area contributed by atoms with Crippen LogP contribution in [-0.2, 0) is 0 Å². The number of pyridine rings is 1. The van der Waals surface area contributed by atoms with Crippen LogP contribution in [0.15, 0.2) is 84.9 Å². The van der Waals surface area contributed by atoms with Gasteiger partial charge in [-0.2, -0.15) is 0 Å². The van der Waals surface area contributed by atoms with Gasteiger partial charge < -0.3 is 10.1 Å². The van der Waals surface area contributed by atoms with Crippen molar-refractivity contribution in [3.05, 3.63) is 90.5 Å². The first kappa shape index (κ1) is 19.6. The third-order valence-electron chi connectivity index (χ3n) is 4.60. The lowest BCUT2D eigenvalue weighted by Crippen LogP contribution is -2.22. The quantitative estimate of drug-likeness (QED) is 0.438. The largest absolute Gasteiger partial charge is 0.488 e. The zero-order valence-electron chi connectivity index (χ0n) is 17.3. The highest BCUT2D eigenvalue weighted by Gasteiger charge is 2.15. The molecule has 0 aliphatic heterocycles. The van der Waals surface area contributed by atoms with E-state index in [2.05, 4.69) is 10.3 Å². The van der Waals surface area contributed by atoms with E-state index in [0.29, 0.717) is 11.4 Å². The summed E-state index contributed by atoms with van der Waals surface area (Å²) >= 11 is 0. The highest BCUT2D eigenvalue weighted by Crippen LogP contribution is 2.28. The summed E-state index contributed by atoms with van der Waals surface area (Å²) in [6.07, 6.45) is 0. The molecule has 1 amide bonds. The van der Waals surface area contributed by atoms with Gasteiger partial charge in [0.25, 0.3) is 5.91 Å². The van der Waals surface area contributed by atoms with Crippen LogP contribution in [0.4, 0.5) is 5.82 Å². The number of ether oxygens (including phenoxy) is 1. The molecule has 4 aromatic rings. The van der Waals surface area contributed by atoms with Crippen molar-refractivity contribution in [2.45, 2.75) is 26.4 Å². The van der Waals surface area contributed by atoms with Gasteiger partial charge in [0.2, 0.25) is 0 Å². The molecule has 1 heterocycles. The van der Waals surface area contributed by atoms with Crippen LogP contribution in [0.1, 0.15) is 31.1 Å². The van der Waals surface area contributed by atoms with Crippen LogP contribution in [0, 0.1) is 0 Å². The van der Waals surface area contributed by atoms with Crippen molar-refractivity contribution in [1.29, 1.82) is 0 Å². The number of benzene rings is 3. The van der Waals surface area contributed by atoms with Crippen LogP contribution in [0.2, 0.25) is 0 Å². The van der Waals surface area contributed by atoms with Crippen LogP contribution in [0.3, 0.4) is 0 Å². The summed E-state index contributed by atoms with van der Waals surface area (Å²) in [5.74, 6) is 1.14. The van der Waals surface area contributed by atoms with Crippen LogP contribution < -0.4 is 10.1 Å². The minimum atomic E-state index is -0.258. The fourth-order valence-corrected chi connectivity index (χ4v) is 3.31. The van der Waals surface area contributed by atoms with E-state index in [0.717, 1.165) is 27.8 Å². The normalized spacial score (nSPS) is 11.3. The molecule has 1 aromatic heterocycles. The van der Waals surface area contributed by atoms with Crippen LogP contribution >= 0.6 is 0 Å². The summed E-state index contributed by atoms with van der Waals surface area (Å²) in [5, 5.41) is 3.96. The topological polar surface area (TPSA) is 51.2 Å². The van der Waals surface area contributed by atoms with Gasteiger partial charge in [-0.25, -0.2) is 4.98 Å². The van der Waals surface area contributed by atoms with Gasteiger partial charge in [-0.3, -0.25) is 4.79 Å². The van der Waals surface area contributed by atoms with E-state index in [1.807, 2.05) is 106 Å². The van der Waals surface area contributed by atoms with Gasteiger partial charge in [-0.05, 0) is 68.3 Å². The first-order valence-electron chi connectivity index (χ1n) is 9.95. The van der Waals surface area contributed by atoms with Gasteiger partial charge in [0.15, 0.2) is 0 Å². The zero-order chi connectivity index (χ0) is 21.1. The maximum absolute atomic E-state index is 13.0. The lowest BCUT2D eigenvalue weighted by Gasteiger charge is -2.21. The predicted molar refractivity (Wildman–Crippen MR) is 122 cm³/mol. The van der Waals surface area contributed by atoms with Gasteiger partial charge >= 0.3 is 0 Å². The fraction of sp³-hybridized carbons (Fsp3) is 0.154. The lowest BCUT2D eigenvalue weighted by atomic mass is 9.99. The Bertz CT molecular complexity index is 1190. The molecular formula is C26H24N2O2.